The Morgan fingerprint density at radius 1 is 1.11 bits per heavy atom. The number of amides is 1. The first-order valence-corrected chi connectivity index (χ1v) is 11.0. The summed E-state index contributed by atoms with van der Waals surface area (Å²) in [6, 6.07) is 13.8. The number of rotatable bonds is 8. The summed E-state index contributed by atoms with van der Waals surface area (Å²) in [6.45, 7) is 3.98. The van der Waals surface area contributed by atoms with Crippen molar-refractivity contribution in [1.29, 1.82) is 0 Å². The van der Waals surface area contributed by atoms with Crippen molar-refractivity contribution in [3.8, 4) is 0 Å². The molecule has 146 valence electrons. The Hall–Kier alpha value is -2.05. The molecule has 1 N–H and O–H groups in total. The number of carbonyl (C=O) groups excluding carboxylic acids is 1. The van der Waals surface area contributed by atoms with Gasteiger partial charge in [0.05, 0.1) is 11.9 Å². The van der Waals surface area contributed by atoms with Crippen LogP contribution in [0, 0.1) is 6.92 Å². The topological polar surface area (TPSA) is 66.5 Å². The van der Waals surface area contributed by atoms with Crippen molar-refractivity contribution in [3.05, 3.63) is 64.7 Å². The van der Waals surface area contributed by atoms with Gasteiger partial charge in [0.25, 0.3) is 0 Å². The van der Waals surface area contributed by atoms with Crippen LogP contribution in [0.3, 0.4) is 0 Å². The van der Waals surface area contributed by atoms with Crippen LogP contribution in [0.2, 0.25) is 5.02 Å². The van der Waals surface area contributed by atoms with Crippen molar-refractivity contribution < 1.29 is 13.2 Å². The molecule has 0 aliphatic rings. The maximum atomic E-state index is 12.5. The molecule has 2 aromatic rings. The monoisotopic (exact) mass is 408 g/mol. The Morgan fingerprint density at radius 3 is 2.26 bits per heavy atom. The predicted octanol–water partition coefficient (Wildman–Crippen LogP) is 3.55. The molecule has 5 nitrogen and oxygen atoms in total. The van der Waals surface area contributed by atoms with Crippen molar-refractivity contribution in [3.63, 3.8) is 0 Å². The summed E-state index contributed by atoms with van der Waals surface area (Å²) in [5.74, 6) is -0.322. The van der Waals surface area contributed by atoms with E-state index in [9.17, 15) is 13.2 Å². The van der Waals surface area contributed by atoms with Gasteiger partial charge in [-0.2, -0.15) is 0 Å². The highest BCUT2D eigenvalue weighted by molar-refractivity contribution is 7.92. The minimum atomic E-state index is -3.59. The summed E-state index contributed by atoms with van der Waals surface area (Å²) in [7, 11) is -3.59. The van der Waals surface area contributed by atoms with E-state index in [2.05, 4.69) is 5.32 Å². The van der Waals surface area contributed by atoms with E-state index in [1.807, 2.05) is 43.3 Å². The van der Waals surface area contributed by atoms with Gasteiger partial charge in [-0.25, -0.2) is 8.42 Å². The Kier molecular flexibility index (Phi) is 7.27. The number of sulfonamides is 1. The fraction of sp³-hybridized carbons (Fsp3) is 0.350. The number of carbonyl (C=O) groups is 1. The van der Waals surface area contributed by atoms with E-state index in [4.69, 9.17) is 11.6 Å². The lowest BCUT2D eigenvalue weighted by Gasteiger charge is -2.28. The first kappa shape index (κ1) is 21.3. The minimum Gasteiger partial charge on any atom is -0.354 e. The number of hydrogen-bond donors (Lipinski definition) is 1. The van der Waals surface area contributed by atoms with Gasteiger partial charge in [0, 0.05) is 11.6 Å². The van der Waals surface area contributed by atoms with Crippen molar-refractivity contribution in [2.45, 2.75) is 32.7 Å². The first-order valence-electron chi connectivity index (χ1n) is 8.76. The lowest BCUT2D eigenvalue weighted by atomic mass is 10.1. The van der Waals surface area contributed by atoms with Crippen molar-refractivity contribution >= 4 is 33.2 Å². The number of halogens is 1. The van der Waals surface area contributed by atoms with Gasteiger partial charge < -0.3 is 5.32 Å². The van der Waals surface area contributed by atoms with Crippen LogP contribution in [0.5, 0.6) is 0 Å². The van der Waals surface area contributed by atoms with E-state index in [0.717, 1.165) is 34.5 Å². The molecule has 0 spiro atoms. The zero-order valence-corrected chi connectivity index (χ0v) is 17.3. The van der Waals surface area contributed by atoms with Crippen LogP contribution in [0.4, 0.5) is 5.69 Å². The summed E-state index contributed by atoms with van der Waals surface area (Å²) in [4.78, 5) is 12.5. The maximum Gasteiger partial charge on any atom is 0.243 e. The molecule has 0 radical (unpaired) electrons. The molecule has 0 bridgehead atoms. The number of nitrogens with one attached hydrogen (secondary N) is 1. The van der Waals surface area contributed by atoms with Crippen LogP contribution in [-0.2, 0) is 21.2 Å². The van der Waals surface area contributed by atoms with E-state index in [-0.39, 0.29) is 5.91 Å². The fourth-order valence-corrected chi connectivity index (χ4v) is 4.10. The standard InChI is InChI=1S/C20H25ClN2O3S/c1-15-6-12-19(13-7-15)23(27(3,25)26)16(2)20(24)22-14-4-5-17-8-10-18(21)11-9-17/h6-13,16H,4-5,14H2,1-3H3,(H,22,24)/t16-/m0/s1. The summed E-state index contributed by atoms with van der Waals surface area (Å²) < 4.78 is 25.6. The zero-order chi connectivity index (χ0) is 20.0. The predicted molar refractivity (Wildman–Crippen MR) is 111 cm³/mol. The third-order valence-corrected chi connectivity index (χ3v) is 5.73. The molecule has 0 heterocycles. The molecule has 0 aromatic heterocycles. The highest BCUT2D eigenvalue weighted by atomic mass is 35.5. The van der Waals surface area contributed by atoms with Crippen molar-refractivity contribution in [2.24, 2.45) is 0 Å². The van der Waals surface area contributed by atoms with Gasteiger partial charge in [0.2, 0.25) is 15.9 Å². The second kappa shape index (κ2) is 9.24. The molecule has 0 saturated carbocycles. The second-order valence-corrected chi connectivity index (χ2v) is 8.89. The third kappa shape index (κ3) is 6.26. The number of anilines is 1. The highest BCUT2D eigenvalue weighted by Gasteiger charge is 2.28. The van der Waals surface area contributed by atoms with Gasteiger partial charge >= 0.3 is 0 Å². The number of benzene rings is 2. The molecular weight excluding hydrogens is 384 g/mol. The van der Waals surface area contributed by atoms with Crippen molar-refractivity contribution in [2.75, 3.05) is 17.1 Å². The Bertz CT molecular complexity index is 865. The molecule has 2 aromatic carbocycles. The quantitative estimate of drug-likeness (QED) is 0.679. The zero-order valence-electron chi connectivity index (χ0n) is 15.8. The normalized spacial score (nSPS) is 12.4. The molecule has 0 fully saturated rings. The summed E-state index contributed by atoms with van der Waals surface area (Å²) >= 11 is 5.86. The Labute approximate surface area is 166 Å². The molecule has 0 saturated heterocycles. The van der Waals surface area contributed by atoms with Crippen LogP contribution in [0.1, 0.15) is 24.5 Å². The molecule has 27 heavy (non-hydrogen) atoms. The van der Waals surface area contributed by atoms with Crippen LogP contribution in [0.15, 0.2) is 48.5 Å². The van der Waals surface area contributed by atoms with Gasteiger partial charge in [-0.3, -0.25) is 9.10 Å². The molecular formula is C20H25ClN2O3S. The van der Waals surface area contributed by atoms with Crippen LogP contribution < -0.4 is 9.62 Å². The summed E-state index contributed by atoms with van der Waals surface area (Å²) in [5.41, 5.74) is 2.64. The SMILES string of the molecule is Cc1ccc(N([C@@H](C)C(=O)NCCCc2ccc(Cl)cc2)S(C)(=O)=O)cc1. The molecule has 7 heteroatoms. The van der Waals surface area contributed by atoms with Gasteiger partial charge in [0.1, 0.15) is 6.04 Å². The number of hydrogen-bond acceptors (Lipinski definition) is 3. The maximum absolute atomic E-state index is 12.5. The van der Waals surface area contributed by atoms with E-state index in [1.165, 1.54) is 0 Å². The van der Waals surface area contributed by atoms with E-state index < -0.39 is 16.1 Å². The van der Waals surface area contributed by atoms with Crippen molar-refractivity contribution in [1.82, 2.24) is 5.32 Å². The fourth-order valence-electron chi connectivity index (χ4n) is 2.80. The molecule has 0 aliphatic carbocycles. The van der Waals surface area contributed by atoms with Crippen LogP contribution in [-0.4, -0.2) is 33.2 Å². The number of nitrogens with zero attached hydrogens (tertiary/aromatic N) is 1. The second-order valence-electron chi connectivity index (χ2n) is 6.59. The lowest BCUT2D eigenvalue weighted by molar-refractivity contribution is -0.121. The van der Waals surface area contributed by atoms with Gasteiger partial charge in [0.15, 0.2) is 0 Å². The molecule has 0 aliphatic heterocycles. The van der Waals surface area contributed by atoms with Gasteiger partial charge in [-0.05, 0) is 56.5 Å². The first-order chi connectivity index (χ1) is 12.7. The molecule has 2 rings (SSSR count). The van der Waals surface area contributed by atoms with Gasteiger partial charge in [-0.15, -0.1) is 0 Å². The summed E-state index contributed by atoms with van der Waals surface area (Å²) in [5, 5.41) is 3.52. The smallest absolute Gasteiger partial charge is 0.243 e. The molecule has 1 amide bonds. The average molecular weight is 409 g/mol. The molecule has 1 atom stereocenters. The Morgan fingerprint density at radius 2 is 1.70 bits per heavy atom. The van der Waals surface area contributed by atoms with E-state index >= 15 is 0 Å². The third-order valence-electron chi connectivity index (χ3n) is 4.23. The largest absolute Gasteiger partial charge is 0.354 e. The molecule has 0 unspecified atom stereocenters. The Balaban J connectivity index is 1.96. The van der Waals surface area contributed by atoms with Gasteiger partial charge in [-0.1, -0.05) is 41.4 Å². The van der Waals surface area contributed by atoms with Crippen LogP contribution in [0.25, 0.3) is 0 Å². The lowest BCUT2D eigenvalue weighted by Crippen LogP contribution is -2.48. The summed E-state index contributed by atoms with van der Waals surface area (Å²) in [6.07, 6.45) is 2.67. The number of aryl methyl sites for hydroxylation is 2. The highest BCUT2D eigenvalue weighted by Crippen LogP contribution is 2.21. The minimum absolute atomic E-state index is 0.322. The average Bonchev–Trinajstić information content (AvgIpc) is 2.60. The van der Waals surface area contributed by atoms with E-state index in [1.54, 1.807) is 19.1 Å². The van der Waals surface area contributed by atoms with Crippen LogP contribution >= 0.6 is 11.6 Å². The van der Waals surface area contributed by atoms with E-state index in [0.29, 0.717) is 17.3 Å².